The molecule has 0 radical (unpaired) electrons. The summed E-state index contributed by atoms with van der Waals surface area (Å²) in [4.78, 5) is 44.4. The number of carbonyl (C=O) groups is 3. The molecular weight excluding hydrogens is 656 g/mol. The van der Waals surface area contributed by atoms with Gasteiger partial charge in [-0.3, -0.25) is 14.9 Å². The maximum absolute atomic E-state index is 12.6. The van der Waals surface area contributed by atoms with Crippen molar-refractivity contribution in [3.05, 3.63) is 141 Å². The maximum atomic E-state index is 12.6. The molecular formula is C32H19ClF3N2NaO8. The smallest absolute Gasteiger partial charge is 0.545 e. The number of halogens is 4. The van der Waals surface area contributed by atoms with Crippen LogP contribution in [0.15, 0.2) is 103 Å². The molecule has 0 aliphatic carbocycles. The molecule has 0 aliphatic heterocycles. The van der Waals surface area contributed by atoms with Gasteiger partial charge in [0, 0.05) is 17.1 Å². The number of nitrogens with one attached hydrogen (secondary N) is 1. The quantitative estimate of drug-likeness (QED) is 0.148. The van der Waals surface area contributed by atoms with Crippen molar-refractivity contribution in [1.29, 1.82) is 0 Å². The fourth-order valence-electron chi connectivity index (χ4n) is 4.18. The third-order valence-electron chi connectivity index (χ3n) is 6.31. The number of nitrogens with zero attached hydrogens (tertiary/aromatic N) is 1. The number of rotatable bonds is 7. The summed E-state index contributed by atoms with van der Waals surface area (Å²) in [7, 11) is 0. The molecule has 47 heavy (non-hydrogen) atoms. The SMILES string of the molecule is O=C(O)c1ccccc1C(=O)Nc1cccc2ccccc12.O=C([O-])c1cc(Oc2ccc(C(F)(F)F)cc2Cl)ccc1[N+](=O)[O-].[Na+]. The Balaban J connectivity index is 0.000000251. The first-order valence-corrected chi connectivity index (χ1v) is 13.3. The number of benzene rings is 5. The molecule has 0 spiro atoms. The number of fused-ring (bicyclic) bond motifs is 1. The Hall–Kier alpha value is -4.95. The molecule has 0 fully saturated rings. The predicted molar refractivity (Wildman–Crippen MR) is 159 cm³/mol. The number of nitro benzene ring substituents is 1. The van der Waals surface area contributed by atoms with Crippen LogP contribution >= 0.6 is 11.6 Å². The number of nitro groups is 1. The first-order chi connectivity index (χ1) is 21.8. The van der Waals surface area contributed by atoms with E-state index < -0.39 is 45.8 Å². The van der Waals surface area contributed by atoms with Gasteiger partial charge < -0.3 is 25.1 Å². The van der Waals surface area contributed by atoms with Gasteiger partial charge in [-0.25, -0.2) is 4.79 Å². The number of carbonyl (C=O) groups excluding carboxylic acids is 2. The number of alkyl halides is 3. The maximum Gasteiger partial charge on any atom is 1.00 e. The Kier molecular flexibility index (Phi) is 12.1. The van der Waals surface area contributed by atoms with Crippen molar-refractivity contribution in [2.45, 2.75) is 6.18 Å². The molecule has 0 aromatic heterocycles. The Morgan fingerprint density at radius 3 is 2.09 bits per heavy atom. The molecule has 10 nitrogen and oxygen atoms in total. The summed E-state index contributed by atoms with van der Waals surface area (Å²) >= 11 is 5.71. The van der Waals surface area contributed by atoms with Crippen LogP contribution in [-0.2, 0) is 6.18 Å². The second kappa shape index (κ2) is 15.6. The Labute approximate surface area is 290 Å². The van der Waals surface area contributed by atoms with E-state index in [1.165, 1.54) is 12.1 Å². The summed E-state index contributed by atoms with van der Waals surface area (Å²) in [5, 5.41) is 35.2. The van der Waals surface area contributed by atoms with Gasteiger partial charge in [0.05, 0.1) is 38.2 Å². The van der Waals surface area contributed by atoms with Gasteiger partial charge in [-0.2, -0.15) is 13.2 Å². The van der Waals surface area contributed by atoms with E-state index in [0.29, 0.717) is 11.8 Å². The third-order valence-corrected chi connectivity index (χ3v) is 6.61. The van der Waals surface area contributed by atoms with Crippen LogP contribution in [0.5, 0.6) is 11.5 Å². The average molecular weight is 675 g/mol. The van der Waals surface area contributed by atoms with Gasteiger partial charge in [0.25, 0.3) is 11.6 Å². The number of carboxylic acid groups (broad SMARTS) is 2. The van der Waals surface area contributed by atoms with E-state index in [1.807, 2.05) is 36.4 Å². The van der Waals surface area contributed by atoms with Gasteiger partial charge in [0.15, 0.2) is 0 Å². The van der Waals surface area contributed by atoms with Gasteiger partial charge >= 0.3 is 41.7 Å². The van der Waals surface area contributed by atoms with E-state index in [2.05, 4.69) is 5.32 Å². The van der Waals surface area contributed by atoms with Gasteiger partial charge in [-0.1, -0.05) is 60.1 Å². The van der Waals surface area contributed by atoms with Crippen molar-refractivity contribution in [2.75, 3.05) is 5.32 Å². The molecule has 0 unspecified atom stereocenters. The first-order valence-electron chi connectivity index (χ1n) is 12.9. The Bertz CT molecular complexity index is 1980. The standard InChI is InChI=1S/C18H13NO3.C14H7ClF3NO5.Na/c20-17(14-9-3-4-10-15(14)18(21)22)19-16-11-5-7-12-6-1-2-8-13(12)16;15-10-5-7(14(16,17)18)1-4-12(10)24-8-2-3-11(19(22)23)9(6-8)13(20)21;/h1-11H,(H,19,20)(H,21,22);1-6H,(H,20,21);/q;;+1/p-1. The summed E-state index contributed by atoms with van der Waals surface area (Å²) < 4.78 is 42.8. The Morgan fingerprint density at radius 1 is 0.830 bits per heavy atom. The zero-order valence-corrected chi connectivity index (χ0v) is 26.8. The van der Waals surface area contributed by atoms with E-state index in [-0.39, 0.29) is 57.2 Å². The molecule has 1 amide bonds. The van der Waals surface area contributed by atoms with Crippen LogP contribution in [0, 0.1) is 10.1 Å². The summed E-state index contributed by atoms with van der Waals surface area (Å²) in [6.45, 7) is 0. The van der Waals surface area contributed by atoms with E-state index in [4.69, 9.17) is 16.3 Å². The predicted octanol–water partition coefficient (Wildman–Crippen LogP) is 4.22. The minimum atomic E-state index is -4.59. The van der Waals surface area contributed by atoms with Crippen LogP contribution in [0.2, 0.25) is 5.02 Å². The molecule has 0 aliphatic rings. The number of ether oxygens (including phenoxy) is 1. The molecule has 15 heteroatoms. The van der Waals surface area contributed by atoms with Gasteiger partial charge in [-0.15, -0.1) is 0 Å². The summed E-state index contributed by atoms with van der Waals surface area (Å²) in [5.41, 5.74) is -1.65. The van der Waals surface area contributed by atoms with Crippen molar-refractivity contribution in [3.63, 3.8) is 0 Å². The van der Waals surface area contributed by atoms with Crippen molar-refractivity contribution in [2.24, 2.45) is 0 Å². The molecule has 0 saturated heterocycles. The van der Waals surface area contributed by atoms with Crippen LogP contribution in [0.25, 0.3) is 10.8 Å². The monoisotopic (exact) mass is 674 g/mol. The second-order valence-corrected chi connectivity index (χ2v) is 9.71. The van der Waals surface area contributed by atoms with Gasteiger partial charge in [0.1, 0.15) is 11.5 Å². The van der Waals surface area contributed by atoms with Crippen molar-refractivity contribution in [3.8, 4) is 11.5 Å². The number of aromatic carboxylic acids is 2. The van der Waals surface area contributed by atoms with E-state index >= 15 is 0 Å². The fourth-order valence-corrected chi connectivity index (χ4v) is 4.40. The molecule has 2 N–H and O–H groups in total. The number of hydrogen-bond acceptors (Lipinski definition) is 7. The number of amides is 1. The molecule has 234 valence electrons. The number of carboxylic acids is 2. The van der Waals surface area contributed by atoms with E-state index in [1.54, 1.807) is 18.2 Å². The average Bonchev–Trinajstić information content (AvgIpc) is 3.01. The molecule has 0 bridgehead atoms. The fraction of sp³-hybridized carbons (Fsp3) is 0.0312. The van der Waals surface area contributed by atoms with Crippen molar-refractivity contribution < 1.29 is 77.0 Å². The molecule has 0 atom stereocenters. The number of anilines is 1. The van der Waals surface area contributed by atoms with Crippen LogP contribution in [0.4, 0.5) is 24.5 Å². The minimum absolute atomic E-state index is 0. The van der Waals surface area contributed by atoms with E-state index in [0.717, 1.165) is 41.1 Å². The zero-order valence-electron chi connectivity index (χ0n) is 24.1. The largest absolute Gasteiger partial charge is 1.00 e. The molecule has 5 aromatic rings. The molecule has 0 saturated carbocycles. The third kappa shape index (κ3) is 9.08. The number of hydrogen-bond donors (Lipinski definition) is 2. The van der Waals surface area contributed by atoms with Crippen molar-refractivity contribution >= 4 is 51.6 Å². The van der Waals surface area contributed by atoms with Gasteiger partial charge in [0.2, 0.25) is 0 Å². The van der Waals surface area contributed by atoms with Crippen LogP contribution in [-0.4, -0.2) is 27.9 Å². The van der Waals surface area contributed by atoms with Crippen LogP contribution in [0.1, 0.15) is 36.6 Å². The molecule has 5 aromatic carbocycles. The van der Waals surface area contributed by atoms with Crippen molar-refractivity contribution in [1.82, 2.24) is 0 Å². The molecule has 0 heterocycles. The molecule has 5 rings (SSSR count). The zero-order chi connectivity index (χ0) is 33.6. The minimum Gasteiger partial charge on any atom is -0.545 e. The topological polar surface area (TPSA) is 159 Å². The van der Waals surface area contributed by atoms with Crippen LogP contribution < -0.4 is 44.7 Å². The van der Waals surface area contributed by atoms with E-state index in [9.17, 15) is 47.9 Å². The van der Waals surface area contributed by atoms with Crippen LogP contribution in [0.3, 0.4) is 0 Å². The first kappa shape index (κ1) is 36.5. The second-order valence-electron chi connectivity index (χ2n) is 9.30. The Morgan fingerprint density at radius 2 is 1.47 bits per heavy atom. The summed E-state index contributed by atoms with van der Waals surface area (Å²) in [6.07, 6.45) is -4.59. The summed E-state index contributed by atoms with van der Waals surface area (Å²) in [6, 6.07) is 24.5. The normalized spacial score (nSPS) is 10.6. The summed E-state index contributed by atoms with van der Waals surface area (Å²) in [5.74, 6) is -3.70. The van der Waals surface area contributed by atoms with Gasteiger partial charge in [-0.05, 0) is 53.9 Å².